The topological polar surface area (TPSA) is 59.0 Å². The van der Waals surface area contributed by atoms with Gasteiger partial charge in [0.1, 0.15) is 11.9 Å². The third kappa shape index (κ3) is 2.54. The van der Waals surface area contributed by atoms with E-state index in [9.17, 15) is 4.79 Å². The van der Waals surface area contributed by atoms with Crippen molar-refractivity contribution < 1.29 is 4.79 Å². The average molecular weight is 276 g/mol. The predicted octanol–water partition coefficient (Wildman–Crippen LogP) is 1.05. The first kappa shape index (κ1) is 12.4. The molecule has 1 aliphatic rings. The van der Waals surface area contributed by atoms with Crippen molar-refractivity contribution in [1.82, 2.24) is 20.2 Å². The summed E-state index contributed by atoms with van der Waals surface area (Å²) in [5.74, 6) is 1.09. The fourth-order valence-corrected chi connectivity index (χ4v) is 3.13. The Morgan fingerprint density at radius 2 is 2.53 bits per heavy atom. The number of nitrogens with one attached hydrogen (secondary N) is 2. The van der Waals surface area contributed by atoms with E-state index in [1.807, 2.05) is 23.9 Å². The second kappa shape index (κ2) is 5.14. The van der Waals surface area contributed by atoms with Crippen LogP contribution in [0.25, 0.3) is 0 Å². The number of amides is 1. The number of aromatic nitrogens is 2. The Morgan fingerprint density at radius 1 is 1.63 bits per heavy atom. The Labute approximate surface area is 115 Å². The van der Waals surface area contributed by atoms with Crippen LogP contribution in [-0.2, 0) is 11.8 Å². The van der Waals surface area contributed by atoms with Crippen LogP contribution in [0, 0.1) is 0 Å². The van der Waals surface area contributed by atoms with Crippen molar-refractivity contribution in [3.05, 3.63) is 40.6 Å². The van der Waals surface area contributed by atoms with E-state index >= 15 is 0 Å². The molecule has 1 aliphatic heterocycles. The quantitative estimate of drug-likeness (QED) is 0.877. The molecule has 6 heteroatoms. The molecule has 2 aromatic heterocycles. The van der Waals surface area contributed by atoms with Gasteiger partial charge in [0.2, 0.25) is 5.91 Å². The summed E-state index contributed by atoms with van der Waals surface area (Å²) in [4.78, 5) is 17.0. The smallest absolute Gasteiger partial charge is 0.221 e. The van der Waals surface area contributed by atoms with Crippen LogP contribution in [0.2, 0.25) is 0 Å². The van der Waals surface area contributed by atoms with Gasteiger partial charge in [-0.3, -0.25) is 10.1 Å². The van der Waals surface area contributed by atoms with Crippen LogP contribution >= 0.6 is 11.3 Å². The van der Waals surface area contributed by atoms with Crippen LogP contribution in [-0.4, -0.2) is 28.0 Å². The third-order valence-electron chi connectivity index (χ3n) is 3.32. The minimum Gasteiger partial charge on any atom is -0.354 e. The van der Waals surface area contributed by atoms with Crippen molar-refractivity contribution in [3.8, 4) is 0 Å². The highest BCUT2D eigenvalue weighted by Crippen LogP contribution is 2.25. The fourth-order valence-electron chi connectivity index (χ4n) is 2.35. The van der Waals surface area contributed by atoms with Gasteiger partial charge in [0.25, 0.3) is 0 Å². The zero-order valence-corrected chi connectivity index (χ0v) is 11.5. The number of nitrogens with zero attached hydrogens (tertiary/aromatic N) is 2. The molecular weight excluding hydrogens is 260 g/mol. The van der Waals surface area contributed by atoms with Gasteiger partial charge in [-0.15, -0.1) is 11.3 Å². The molecule has 2 aromatic rings. The van der Waals surface area contributed by atoms with E-state index in [-0.39, 0.29) is 18.0 Å². The van der Waals surface area contributed by atoms with E-state index in [0.29, 0.717) is 13.0 Å². The molecule has 0 spiro atoms. The van der Waals surface area contributed by atoms with Crippen molar-refractivity contribution in [3.63, 3.8) is 0 Å². The number of carbonyl (C=O) groups is 1. The molecule has 19 heavy (non-hydrogen) atoms. The van der Waals surface area contributed by atoms with Gasteiger partial charge in [-0.1, -0.05) is 6.07 Å². The molecule has 2 N–H and O–H groups in total. The average Bonchev–Trinajstić information content (AvgIpc) is 3.08. The molecule has 0 aliphatic carbocycles. The van der Waals surface area contributed by atoms with Crippen molar-refractivity contribution in [2.45, 2.75) is 18.5 Å². The van der Waals surface area contributed by atoms with E-state index in [4.69, 9.17) is 0 Å². The van der Waals surface area contributed by atoms with Gasteiger partial charge in [0.15, 0.2) is 0 Å². The lowest BCUT2D eigenvalue weighted by molar-refractivity contribution is -0.119. The van der Waals surface area contributed by atoms with E-state index in [1.54, 1.807) is 17.5 Å². The van der Waals surface area contributed by atoms with E-state index in [2.05, 4.69) is 27.1 Å². The largest absolute Gasteiger partial charge is 0.354 e. The predicted molar refractivity (Wildman–Crippen MR) is 73.9 cm³/mol. The maximum absolute atomic E-state index is 11.3. The molecule has 3 rings (SSSR count). The Bertz CT molecular complexity index is 563. The van der Waals surface area contributed by atoms with Gasteiger partial charge in [0, 0.05) is 43.3 Å². The van der Waals surface area contributed by atoms with Crippen molar-refractivity contribution >= 4 is 17.2 Å². The molecule has 0 radical (unpaired) electrons. The Hall–Kier alpha value is -1.66. The molecule has 1 fully saturated rings. The first-order valence-corrected chi connectivity index (χ1v) is 7.15. The van der Waals surface area contributed by atoms with Gasteiger partial charge in [-0.05, 0) is 11.4 Å². The monoisotopic (exact) mass is 276 g/mol. The SMILES string of the molecule is Cn1ccnc1C(NC1CNC(=O)C1)c1cccs1. The first-order valence-electron chi connectivity index (χ1n) is 6.27. The highest BCUT2D eigenvalue weighted by molar-refractivity contribution is 7.10. The van der Waals surface area contributed by atoms with Crippen molar-refractivity contribution in [1.29, 1.82) is 0 Å². The summed E-state index contributed by atoms with van der Waals surface area (Å²) in [7, 11) is 1.99. The second-order valence-electron chi connectivity index (χ2n) is 4.72. The van der Waals surface area contributed by atoms with Gasteiger partial charge in [-0.2, -0.15) is 0 Å². The molecule has 2 unspecified atom stereocenters. The van der Waals surface area contributed by atoms with Gasteiger partial charge in [-0.25, -0.2) is 4.98 Å². The zero-order valence-electron chi connectivity index (χ0n) is 10.7. The number of hydrogen-bond donors (Lipinski definition) is 2. The Balaban J connectivity index is 1.85. The van der Waals surface area contributed by atoms with Gasteiger partial charge < -0.3 is 9.88 Å². The molecule has 1 saturated heterocycles. The van der Waals surface area contributed by atoms with Crippen LogP contribution in [0.1, 0.15) is 23.2 Å². The van der Waals surface area contributed by atoms with Crippen LogP contribution in [0.3, 0.4) is 0 Å². The third-order valence-corrected chi connectivity index (χ3v) is 4.26. The first-order chi connectivity index (χ1) is 9.24. The van der Waals surface area contributed by atoms with Crippen LogP contribution in [0.5, 0.6) is 0 Å². The van der Waals surface area contributed by atoms with Gasteiger partial charge >= 0.3 is 0 Å². The van der Waals surface area contributed by atoms with Crippen molar-refractivity contribution in [2.75, 3.05) is 6.54 Å². The Kier molecular flexibility index (Phi) is 3.35. The molecule has 0 saturated carbocycles. The summed E-state index contributed by atoms with van der Waals surface area (Å²) in [6, 6.07) is 4.34. The molecule has 0 aromatic carbocycles. The minimum atomic E-state index is 0.0395. The number of thiophene rings is 1. The summed E-state index contributed by atoms with van der Waals surface area (Å²) in [6.07, 6.45) is 4.28. The van der Waals surface area contributed by atoms with Crippen LogP contribution < -0.4 is 10.6 Å². The molecule has 100 valence electrons. The summed E-state index contributed by atoms with van der Waals surface area (Å²) in [5.41, 5.74) is 0. The number of rotatable bonds is 4. The zero-order chi connectivity index (χ0) is 13.2. The summed E-state index contributed by atoms with van der Waals surface area (Å²) < 4.78 is 2.02. The molecule has 2 atom stereocenters. The maximum atomic E-state index is 11.3. The highest BCUT2D eigenvalue weighted by atomic mass is 32.1. The lowest BCUT2D eigenvalue weighted by Crippen LogP contribution is -2.35. The minimum absolute atomic E-state index is 0.0395. The molecule has 3 heterocycles. The Morgan fingerprint density at radius 3 is 3.11 bits per heavy atom. The standard InChI is InChI=1S/C13H16N4OS/c1-17-5-4-14-13(17)12(10-3-2-6-19-10)16-9-7-11(18)15-8-9/h2-6,9,12,16H,7-8H2,1H3,(H,15,18). The molecule has 0 bridgehead atoms. The van der Waals surface area contributed by atoms with Gasteiger partial charge in [0.05, 0.1) is 0 Å². The maximum Gasteiger partial charge on any atom is 0.221 e. The van der Waals surface area contributed by atoms with E-state index < -0.39 is 0 Å². The number of aryl methyl sites for hydroxylation is 1. The fraction of sp³-hybridized carbons (Fsp3) is 0.385. The van der Waals surface area contributed by atoms with E-state index in [1.165, 1.54) is 4.88 Å². The van der Waals surface area contributed by atoms with E-state index in [0.717, 1.165) is 5.82 Å². The second-order valence-corrected chi connectivity index (χ2v) is 5.70. The molecule has 1 amide bonds. The molecule has 5 nitrogen and oxygen atoms in total. The van der Waals surface area contributed by atoms with Crippen LogP contribution in [0.4, 0.5) is 0 Å². The lowest BCUT2D eigenvalue weighted by Gasteiger charge is -2.21. The number of carbonyl (C=O) groups excluding carboxylic acids is 1. The van der Waals surface area contributed by atoms with Crippen molar-refractivity contribution in [2.24, 2.45) is 7.05 Å². The lowest BCUT2D eigenvalue weighted by atomic mass is 10.1. The normalized spacial score (nSPS) is 20.5. The highest BCUT2D eigenvalue weighted by Gasteiger charge is 2.27. The summed E-state index contributed by atoms with van der Waals surface area (Å²) in [6.45, 7) is 0.686. The van der Waals surface area contributed by atoms with Crippen LogP contribution in [0.15, 0.2) is 29.9 Å². The molecular formula is C13H16N4OS. The summed E-state index contributed by atoms with van der Waals surface area (Å²) in [5, 5.41) is 8.45. The number of imidazole rings is 1. The summed E-state index contributed by atoms with van der Waals surface area (Å²) >= 11 is 1.70. The number of hydrogen-bond acceptors (Lipinski definition) is 4.